The molecule has 9 nitrogen and oxygen atoms in total. The molecule has 1 aromatic carbocycles. The summed E-state index contributed by atoms with van der Waals surface area (Å²) in [4.78, 5) is 25.8. The molecule has 164 valence electrons. The van der Waals surface area contributed by atoms with Crippen molar-refractivity contribution < 1.29 is 23.4 Å². The Labute approximate surface area is 174 Å². The number of pyridine rings is 1. The van der Waals surface area contributed by atoms with Crippen LogP contribution < -0.4 is 21.8 Å². The summed E-state index contributed by atoms with van der Waals surface area (Å²) in [6.07, 6.45) is 2.50. The number of ether oxygens (including phenoxy) is 1. The van der Waals surface area contributed by atoms with Crippen LogP contribution in [-0.4, -0.2) is 46.8 Å². The van der Waals surface area contributed by atoms with Gasteiger partial charge in [-0.05, 0) is 19.3 Å². The summed E-state index contributed by atoms with van der Waals surface area (Å²) in [5.41, 5.74) is 8.87. The number of anilines is 2. The van der Waals surface area contributed by atoms with Crippen molar-refractivity contribution in [3.05, 3.63) is 33.6 Å². The van der Waals surface area contributed by atoms with Gasteiger partial charge in [0.2, 0.25) is 5.43 Å². The summed E-state index contributed by atoms with van der Waals surface area (Å²) in [5.74, 6) is -4.24. The Morgan fingerprint density at radius 1 is 1.26 bits per heavy atom. The van der Waals surface area contributed by atoms with E-state index < -0.39 is 63.4 Å². The first-order valence-corrected chi connectivity index (χ1v) is 10.0. The number of rotatable bonds is 4. The van der Waals surface area contributed by atoms with Gasteiger partial charge in [-0.15, -0.1) is 0 Å². The van der Waals surface area contributed by atoms with Gasteiger partial charge >= 0.3 is 5.97 Å². The zero-order chi connectivity index (χ0) is 22.2. The van der Waals surface area contributed by atoms with Gasteiger partial charge in [0.15, 0.2) is 11.6 Å². The number of halogens is 2. The molecule has 6 N–H and O–H groups in total. The van der Waals surface area contributed by atoms with Gasteiger partial charge in [0.05, 0.1) is 40.5 Å². The van der Waals surface area contributed by atoms with Crippen LogP contribution in [0.4, 0.5) is 20.2 Å². The van der Waals surface area contributed by atoms with E-state index in [0.29, 0.717) is 25.9 Å². The molecular formula is C20H21F2N5O4. The minimum Gasteiger partial charge on any atom is -0.477 e. The summed E-state index contributed by atoms with van der Waals surface area (Å²) in [5, 5.41) is 16.8. The maximum Gasteiger partial charge on any atom is 0.341 e. The quantitative estimate of drug-likeness (QED) is 0.324. The molecule has 2 saturated heterocycles. The lowest BCUT2D eigenvalue weighted by molar-refractivity contribution is 0.0694. The molecule has 1 saturated carbocycles. The average molecular weight is 433 g/mol. The number of hydrogen-bond acceptors (Lipinski definition) is 6. The number of carboxylic acid groups (broad SMARTS) is 1. The molecule has 5 rings (SSSR count). The number of benzene rings is 1. The number of nitrogens with one attached hydrogen (secondary N) is 1. The fourth-order valence-electron chi connectivity index (χ4n) is 4.90. The zero-order valence-corrected chi connectivity index (χ0v) is 16.4. The van der Waals surface area contributed by atoms with E-state index in [1.165, 1.54) is 9.47 Å². The molecule has 3 fully saturated rings. The lowest BCUT2D eigenvalue weighted by Gasteiger charge is -2.27. The molecule has 2 aliphatic heterocycles. The van der Waals surface area contributed by atoms with Crippen molar-refractivity contribution in [1.82, 2.24) is 4.57 Å². The molecule has 11 heteroatoms. The number of nitrogens with two attached hydrogens (primary N) is 2. The number of fused-ring (bicyclic) bond motifs is 2. The van der Waals surface area contributed by atoms with Gasteiger partial charge in [0.1, 0.15) is 11.3 Å². The predicted molar refractivity (Wildman–Crippen MR) is 109 cm³/mol. The van der Waals surface area contributed by atoms with E-state index in [-0.39, 0.29) is 23.9 Å². The van der Waals surface area contributed by atoms with Crippen molar-refractivity contribution in [3.63, 3.8) is 0 Å². The monoisotopic (exact) mass is 433 g/mol. The number of aromatic nitrogens is 1. The van der Waals surface area contributed by atoms with Gasteiger partial charge in [0, 0.05) is 25.4 Å². The Balaban J connectivity index is 1.79. The van der Waals surface area contributed by atoms with Crippen LogP contribution in [0.15, 0.2) is 11.0 Å². The fraction of sp³-hybridized carbons (Fsp3) is 0.450. The van der Waals surface area contributed by atoms with Crippen LogP contribution in [0.1, 0.15) is 35.7 Å². The summed E-state index contributed by atoms with van der Waals surface area (Å²) >= 11 is 0. The van der Waals surface area contributed by atoms with Crippen LogP contribution in [0, 0.1) is 23.0 Å². The fourth-order valence-corrected chi connectivity index (χ4v) is 4.90. The van der Waals surface area contributed by atoms with Crippen LogP contribution in [0.5, 0.6) is 0 Å². The van der Waals surface area contributed by atoms with Crippen LogP contribution >= 0.6 is 0 Å². The molecule has 3 heterocycles. The number of aromatic carboxylic acids is 1. The second kappa shape index (κ2) is 6.64. The third-order valence-corrected chi connectivity index (χ3v) is 6.52. The van der Waals surface area contributed by atoms with Crippen molar-refractivity contribution in [1.29, 1.82) is 5.41 Å². The van der Waals surface area contributed by atoms with Gasteiger partial charge in [0.25, 0.3) is 0 Å². The zero-order valence-electron chi connectivity index (χ0n) is 16.4. The summed E-state index contributed by atoms with van der Waals surface area (Å²) in [7, 11) is 0. The molecule has 3 atom stereocenters. The standard InChI is InChI=1S/C20H21F2N5O4/c21-12-14(23)11-15(26(7-1-2-7)5-8(17(11)28)20(29)30)13(22)16(12)27-6-9(19(24)25)18-10(27)3-4-31-18/h5,7,9-10,18H,1-4,6,23H2,(H3,24,25)(H,29,30). The van der Waals surface area contributed by atoms with Gasteiger partial charge in [-0.1, -0.05) is 0 Å². The number of nitrogens with zero attached hydrogens (tertiary/aromatic N) is 2. The Hall–Kier alpha value is -3.21. The first-order chi connectivity index (χ1) is 14.7. The molecule has 1 aliphatic carbocycles. The lowest BCUT2D eigenvalue weighted by Crippen LogP contribution is -2.34. The normalized spacial score (nSPS) is 25.2. The average Bonchev–Trinajstić information content (AvgIpc) is 3.33. The highest BCUT2D eigenvalue weighted by molar-refractivity contribution is 6.00. The Bertz CT molecular complexity index is 1210. The maximum atomic E-state index is 15.9. The molecular weight excluding hydrogens is 412 g/mol. The third kappa shape index (κ3) is 2.72. The van der Waals surface area contributed by atoms with E-state index in [1.807, 2.05) is 0 Å². The van der Waals surface area contributed by atoms with Crippen LogP contribution in [0.2, 0.25) is 0 Å². The molecule has 0 radical (unpaired) electrons. The topological polar surface area (TPSA) is 148 Å². The molecule has 31 heavy (non-hydrogen) atoms. The Kier molecular flexibility index (Phi) is 4.23. The van der Waals surface area contributed by atoms with Gasteiger partial charge < -0.3 is 30.8 Å². The van der Waals surface area contributed by atoms with Crippen LogP contribution in [0.3, 0.4) is 0 Å². The smallest absolute Gasteiger partial charge is 0.341 e. The second-order valence-corrected chi connectivity index (χ2v) is 8.33. The minimum atomic E-state index is -1.49. The largest absolute Gasteiger partial charge is 0.477 e. The highest BCUT2D eigenvalue weighted by atomic mass is 19.1. The summed E-state index contributed by atoms with van der Waals surface area (Å²) in [6, 6.07) is -0.589. The summed E-state index contributed by atoms with van der Waals surface area (Å²) < 4.78 is 38.5. The molecule has 0 amide bonds. The van der Waals surface area contributed by atoms with E-state index in [9.17, 15) is 14.7 Å². The molecule has 1 aromatic heterocycles. The first kappa shape index (κ1) is 19.7. The lowest BCUT2D eigenvalue weighted by atomic mass is 10.0. The number of hydrogen-bond donors (Lipinski definition) is 4. The van der Waals surface area contributed by atoms with Crippen LogP contribution in [-0.2, 0) is 4.74 Å². The molecule has 0 bridgehead atoms. The minimum absolute atomic E-state index is 0.0737. The number of amidine groups is 1. The second-order valence-electron chi connectivity index (χ2n) is 8.33. The van der Waals surface area contributed by atoms with Gasteiger partial charge in [-0.2, -0.15) is 0 Å². The number of carbonyl (C=O) groups is 1. The highest BCUT2D eigenvalue weighted by Crippen LogP contribution is 2.45. The summed E-state index contributed by atoms with van der Waals surface area (Å²) in [6.45, 7) is 0.445. The van der Waals surface area contributed by atoms with E-state index in [2.05, 4.69) is 0 Å². The molecule has 2 aromatic rings. The van der Waals surface area contributed by atoms with Crippen molar-refractivity contribution in [2.24, 2.45) is 11.7 Å². The van der Waals surface area contributed by atoms with Crippen LogP contribution in [0.25, 0.3) is 10.9 Å². The third-order valence-electron chi connectivity index (χ3n) is 6.52. The molecule has 3 aliphatic rings. The van der Waals surface area contributed by atoms with E-state index in [0.717, 1.165) is 6.20 Å². The van der Waals surface area contributed by atoms with Crippen molar-refractivity contribution >= 4 is 34.1 Å². The molecule has 3 unspecified atom stereocenters. The number of nitrogen functional groups attached to an aromatic ring is 1. The van der Waals surface area contributed by atoms with Gasteiger partial charge in [-0.3, -0.25) is 10.2 Å². The first-order valence-electron chi connectivity index (χ1n) is 10.0. The Morgan fingerprint density at radius 2 is 1.97 bits per heavy atom. The van der Waals surface area contributed by atoms with E-state index in [1.54, 1.807) is 0 Å². The van der Waals surface area contributed by atoms with E-state index in [4.69, 9.17) is 21.6 Å². The Morgan fingerprint density at radius 3 is 2.58 bits per heavy atom. The number of carboxylic acids is 1. The highest BCUT2D eigenvalue weighted by Gasteiger charge is 2.49. The predicted octanol–water partition coefficient (Wildman–Crippen LogP) is 1.42. The van der Waals surface area contributed by atoms with Gasteiger partial charge in [-0.25, -0.2) is 13.6 Å². The van der Waals surface area contributed by atoms with Crippen molar-refractivity contribution in [2.45, 2.75) is 37.5 Å². The van der Waals surface area contributed by atoms with E-state index >= 15 is 8.78 Å². The molecule has 0 spiro atoms. The van der Waals surface area contributed by atoms with Crippen molar-refractivity contribution in [2.75, 3.05) is 23.8 Å². The maximum absolute atomic E-state index is 15.9. The van der Waals surface area contributed by atoms with Crippen molar-refractivity contribution in [3.8, 4) is 0 Å². The SMILES string of the molecule is N=C(N)C1CN(c2c(F)c(N)c3c(=O)c(C(=O)O)cn(C4CC4)c3c2F)C2CCOC12.